The molecule has 21 heavy (non-hydrogen) atoms. The highest BCUT2D eigenvalue weighted by atomic mass is 79.9. The first kappa shape index (κ1) is 16.7. The third-order valence-electron chi connectivity index (χ3n) is 2.56. The third-order valence-corrected chi connectivity index (χ3v) is 7.03. The van der Waals surface area contributed by atoms with Gasteiger partial charge in [0.2, 0.25) is 10.0 Å². The molecule has 0 atom stereocenters. The molecule has 0 fully saturated rings. The van der Waals surface area contributed by atoms with Gasteiger partial charge in [0, 0.05) is 7.05 Å². The van der Waals surface area contributed by atoms with E-state index in [1.807, 2.05) is 0 Å². The van der Waals surface area contributed by atoms with Crippen molar-refractivity contribution in [2.75, 3.05) is 7.05 Å². The first-order chi connectivity index (χ1) is 9.71. The summed E-state index contributed by atoms with van der Waals surface area (Å²) in [5.74, 6) is -0.697. The molecule has 0 radical (unpaired) electrons. The minimum atomic E-state index is -3.81. The van der Waals surface area contributed by atoms with Crippen LogP contribution in [0.4, 0.5) is 0 Å². The molecule has 114 valence electrons. The predicted octanol–water partition coefficient (Wildman–Crippen LogP) is 3.39. The number of sulfonamides is 1. The van der Waals surface area contributed by atoms with E-state index in [1.54, 1.807) is 12.1 Å². The Bertz CT molecular complexity index is 780. The van der Waals surface area contributed by atoms with Crippen molar-refractivity contribution in [2.45, 2.75) is 11.4 Å². The van der Waals surface area contributed by atoms with Gasteiger partial charge in [0.1, 0.15) is 15.5 Å². The molecular formula is C11H9Br2NO5S2. The van der Waals surface area contributed by atoms with E-state index in [2.05, 4.69) is 31.9 Å². The molecule has 0 saturated carbocycles. The molecule has 1 N–H and O–H groups in total. The first-order valence-electron chi connectivity index (χ1n) is 5.45. The zero-order valence-electron chi connectivity index (χ0n) is 10.5. The predicted molar refractivity (Wildman–Crippen MR) is 84.0 cm³/mol. The Morgan fingerprint density at radius 3 is 2.57 bits per heavy atom. The first-order valence-corrected chi connectivity index (χ1v) is 9.29. The molecule has 0 amide bonds. The van der Waals surface area contributed by atoms with Crippen molar-refractivity contribution < 1.29 is 22.7 Å². The summed E-state index contributed by atoms with van der Waals surface area (Å²) in [5.41, 5.74) is 0. The number of nitrogens with zero attached hydrogens (tertiary/aromatic N) is 1. The average molecular weight is 459 g/mol. The molecule has 0 aliphatic rings. The van der Waals surface area contributed by atoms with Gasteiger partial charge in [-0.2, -0.15) is 4.31 Å². The lowest BCUT2D eigenvalue weighted by Gasteiger charge is -2.15. The van der Waals surface area contributed by atoms with Crippen molar-refractivity contribution in [3.8, 4) is 0 Å². The number of carboxylic acids is 1. The Balaban J connectivity index is 2.30. The number of carboxylic acid groups (broad SMARTS) is 1. The summed E-state index contributed by atoms with van der Waals surface area (Å²) in [6, 6.07) is 4.46. The van der Waals surface area contributed by atoms with Crippen LogP contribution < -0.4 is 0 Å². The molecule has 0 bridgehead atoms. The van der Waals surface area contributed by atoms with Gasteiger partial charge in [0.05, 0.1) is 10.3 Å². The van der Waals surface area contributed by atoms with Gasteiger partial charge in [-0.1, -0.05) is 0 Å². The molecular weight excluding hydrogens is 450 g/mol. The lowest BCUT2D eigenvalue weighted by molar-refractivity contribution is 0.0702. The van der Waals surface area contributed by atoms with Crippen LogP contribution in [-0.2, 0) is 16.6 Å². The Kier molecular flexibility index (Phi) is 4.93. The highest BCUT2D eigenvalue weighted by Crippen LogP contribution is 2.33. The molecule has 0 aromatic carbocycles. The van der Waals surface area contributed by atoms with Crippen LogP contribution in [0.2, 0.25) is 0 Å². The standard InChI is InChI=1S/C11H9Br2NO5S2/c1-14(5-6-2-3-9(12)19-6)21(17,18)8-4-7(11(15)16)20-10(8)13/h2-4H,5H2,1H3,(H,15,16). The molecule has 6 nitrogen and oxygen atoms in total. The Labute approximate surface area is 141 Å². The maximum atomic E-state index is 12.5. The molecule has 0 saturated heterocycles. The lowest BCUT2D eigenvalue weighted by atomic mass is 10.4. The van der Waals surface area contributed by atoms with Crippen LogP contribution in [0.5, 0.6) is 0 Å². The van der Waals surface area contributed by atoms with E-state index in [9.17, 15) is 13.2 Å². The van der Waals surface area contributed by atoms with Gasteiger partial charge >= 0.3 is 5.97 Å². The molecule has 0 unspecified atom stereocenters. The van der Waals surface area contributed by atoms with E-state index < -0.39 is 16.0 Å². The Hall–Kier alpha value is -0.680. The van der Waals surface area contributed by atoms with Gasteiger partial charge in [-0.05, 0) is 50.1 Å². The van der Waals surface area contributed by atoms with Gasteiger partial charge in [-0.3, -0.25) is 0 Å². The lowest BCUT2D eigenvalue weighted by Crippen LogP contribution is -2.26. The number of thiophene rings is 1. The smallest absolute Gasteiger partial charge is 0.345 e. The zero-order valence-corrected chi connectivity index (χ0v) is 15.3. The van der Waals surface area contributed by atoms with Gasteiger partial charge in [0.25, 0.3) is 0 Å². The second-order valence-corrected chi connectivity index (χ2v) is 9.19. The summed E-state index contributed by atoms with van der Waals surface area (Å²) in [6.45, 7) is 0.0403. The number of rotatable bonds is 5. The minimum Gasteiger partial charge on any atom is -0.477 e. The number of halogens is 2. The SMILES string of the molecule is CN(Cc1ccc(Br)o1)S(=O)(=O)c1cc(C(=O)O)sc1Br. The van der Waals surface area contributed by atoms with Gasteiger partial charge in [-0.15, -0.1) is 11.3 Å². The fourth-order valence-electron chi connectivity index (χ4n) is 1.54. The van der Waals surface area contributed by atoms with Crippen LogP contribution in [0.3, 0.4) is 0 Å². The van der Waals surface area contributed by atoms with Crippen molar-refractivity contribution in [1.82, 2.24) is 4.31 Å². The fourth-order valence-corrected chi connectivity index (χ4v) is 5.37. The molecule has 2 rings (SSSR count). The maximum Gasteiger partial charge on any atom is 0.345 e. The summed E-state index contributed by atoms with van der Waals surface area (Å²) in [5, 5.41) is 8.93. The average Bonchev–Trinajstić information content (AvgIpc) is 2.96. The van der Waals surface area contributed by atoms with E-state index in [4.69, 9.17) is 9.52 Å². The van der Waals surface area contributed by atoms with Crippen LogP contribution in [-0.4, -0.2) is 30.8 Å². The zero-order chi connectivity index (χ0) is 15.8. The van der Waals surface area contributed by atoms with Crippen LogP contribution >= 0.6 is 43.2 Å². The molecule has 2 heterocycles. The molecule has 0 aliphatic heterocycles. The number of carbonyl (C=O) groups is 1. The highest BCUT2D eigenvalue weighted by molar-refractivity contribution is 9.11. The van der Waals surface area contributed by atoms with E-state index in [0.717, 1.165) is 21.7 Å². The Morgan fingerprint density at radius 2 is 2.10 bits per heavy atom. The van der Waals surface area contributed by atoms with Crippen molar-refractivity contribution in [3.63, 3.8) is 0 Å². The second kappa shape index (κ2) is 6.21. The van der Waals surface area contributed by atoms with E-state index >= 15 is 0 Å². The fraction of sp³-hybridized carbons (Fsp3) is 0.182. The molecule has 0 spiro atoms. The van der Waals surface area contributed by atoms with Crippen molar-refractivity contribution in [2.24, 2.45) is 0 Å². The molecule has 2 aromatic heterocycles. The molecule has 2 aromatic rings. The monoisotopic (exact) mass is 457 g/mol. The third kappa shape index (κ3) is 3.57. The summed E-state index contributed by atoms with van der Waals surface area (Å²) in [4.78, 5) is 10.8. The van der Waals surface area contributed by atoms with Gasteiger partial charge in [0.15, 0.2) is 4.67 Å². The minimum absolute atomic E-state index is 0.0403. The maximum absolute atomic E-state index is 12.5. The van der Waals surface area contributed by atoms with E-state index in [0.29, 0.717) is 10.4 Å². The second-order valence-electron chi connectivity index (χ2n) is 4.02. The number of aromatic carboxylic acids is 1. The number of hydrogen-bond donors (Lipinski definition) is 1. The molecule has 0 aliphatic carbocycles. The van der Waals surface area contributed by atoms with Crippen LogP contribution in [0, 0.1) is 0 Å². The summed E-state index contributed by atoms with van der Waals surface area (Å²) >= 11 is 7.10. The number of hydrogen-bond acceptors (Lipinski definition) is 5. The normalized spacial score (nSPS) is 12.0. The van der Waals surface area contributed by atoms with E-state index in [1.165, 1.54) is 7.05 Å². The Morgan fingerprint density at radius 1 is 1.43 bits per heavy atom. The van der Waals surface area contributed by atoms with Crippen LogP contribution in [0.15, 0.2) is 36.0 Å². The van der Waals surface area contributed by atoms with Gasteiger partial charge < -0.3 is 9.52 Å². The quantitative estimate of drug-likeness (QED) is 0.741. The summed E-state index contributed by atoms with van der Waals surface area (Å²) in [6.07, 6.45) is 0. The van der Waals surface area contributed by atoms with Crippen LogP contribution in [0.25, 0.3) is 0 Å². The largest absolute Gasteiger partial charge is 0.477 e. The van der Waals surface area contributed by atoms with Crippen molar-refractivity contribution in [1.29, 1.82) is 0 Å². The van der Waals surface area contributed by atoms with Crippen LogP contribution in [0.1, 0.15) is 15.4 Å². The summed E-state index contributed by atoms with van der Waals surface area (Å²) < 4.78 is 32.0. The molecule has 10 heteroatoms. The topological polar surface area (TPSA) is 87.8 Å². The highest BCUT2D eigenvalue weighted by Gasteiger charge is 2.27. The van der Waals surface area contributed by atoms with Crippen molar-refractivity contribution >= 4 is 59.2 Å². The summed E-state index contributed by atoms with van der Waals surface area (Å²) in [7, 11) is -2.41. The van der Waals surface area contributed by atoms with Crippen molar-refractivity contribution in [3.05, 3.63) is 37.3 Å². The number of furan rings is 1. The van der Waals surface area contributed by atoms with E-state index in [-0.39, 0.29) is 20.1 Å². The van der Waals surface area contributed by atoms with Gasteiger partial charge in [-0.25, -0.2) is 13.2 Å².